The Balaban J connectivity index is 1.51. The van der Waals surface area contributed by atoms with Crippen LogP contribution in [0.1, 0.15) is 40.4 Å². The Morgan fingerprint density at radius 2 is 1.66 bits per heavy atom. The average Bonchev–Trinajstić information content (AvgIpc) is 2.74. The van der Waals surface area contributed by atoms with Crippen molar-refractivity contribution in [3.8, 4) is 0 Å². The van der Waals surface area contributed by atoms with Crippen molar-refractivity contribution in [1.29, 1.82) is 0 Å². The van der Waals surface area contributed by atoms with E-state index in [0.29, 0.717) is 11.3 Å². The largest absolute Gasteiger partial charge is 0.345 e. The van der Waals surface area contributed by atoms with Gasteiger partial charge in [0, 0.05) is 11.3 Å². The summed E-state index contributed by atoms with van der Waals surface area (Å²) in [7, 11) is -3.70. The maximum absolute atomic E-state index is 12.8. The molecule has 0 radical (unpaired) electrons. The van der Waals surface area contributed by atoms with Gasteiger partial charge in [-0.15, -0.1) is 0 Å². The number of rotatable bonds is 5. The van der Waals surface area contributed by atoms with Gasteiger partial charge in [0.15, 0.2) is 0 Å². The van der Waals surface area contributed by atoms with Crippen LogP contribution in [0.2, 0.25) is 0 Å². The standard InChI is InChI=1S/C23H22N2O3S/c26-23(24-22-15-7-9-17-8-4-5-14-21(17)22)18-10-6-11-19(16-18)25-29(27,28)20-12-2-1-3-13-20/h1-6,8,10-14,16,22,25H,7,9,15H2,(H,24,26)/t22-/m0/s1. The van der Waals surface area contributed by atoms with Crippen LogP contribution in [0, 0.1) is 0 Å². The van der Waals surface area contributed by atoms with E-state index in [9.17, 15) is 13.2 Å². The van der Waals surface area contributed by atoms with Crippen molar-refractivity contribution >= 4 is 21.6 Å². The predicted octanol–water partition coefficient (Wildman–Crippen LogP) is 4.29. The zero-order chi connectivity index (χ0) is 20.3. The van der Waals surface area contributed by atoms with Crippen LogP contribution in [-0.4, -0.2) is 14.3 Å². The number of hydrogen-bond acceptors (Lipinski definition) is 3. The molecule has 6 heteroatoms. The van der Waals surface area contributed by atoms with Crippen molar-refractivity contribution in [2.45, 2.75) is 30.2 Å². The number of benzene rings is 3. The van der Waals surface area contributed by atoms with E-state index in [4.69, 9.17) is 0 Å². The summed E-state index contributed by atoms with van der Waals surface area (Å²) in [6.07, 6.45) is 2.95. The topological polar surface area (TPSA) is 75.3 Å². The summed E-state index contributed by atoms with van der Waals surface area (Å²) >= 11 is 0. The predicted molar refractivity (Wildman–Crippen MR) is 113 cm³/mol. The second-order valence-corrected chi connectivity index (χ2v) is 8.80. The Labute approximate surface area is 170 Å². The van der Waals surface area contributed by atoms with Gasteiger partial charge in [-0.1, -0.05) is 48.5 Å². The summed E-state index contributed by atoms with van der Waals surface area (Å²) in [6.45, 7) is 0. The Kier molecular flexibility index (Phi) is 5.36. The van der Waals surface area contributed by atoms with Gasteiger partial charge < -0.3 is 5.32 Å². The molecule has 0 saturated heterocycles. The zero-order valence-corrected chi connectivity index (χ0v) is 16.7. The number of carbonyl (C=O) groups excluding carboxylic acids is 1. The van der Waals surface area contributed by atoms with Crippen LogP contribution in [0.5, 0.6) is 0 Å². The highest BCUT2D eigenvalue weighted by molar-refractivity contribution is 7.92. The quantitative estimate of drug-likeness (QED) is 0.664. The summed E-state index contributed by atoms with van der Waals surface area (Å²) in [4.78, 5) is 13.0. The first kappa shape index (κ1) is 19.2. The Morgan fingerprint density at radius 1 is 0.897 bits per heavy atom. The Bertz CT molecular complexity index is 1130. The third-order valence-electron chi connectivity index (χ3n) is 5.11. The molecule has 5 nitrogen and oxygen atoms in total. The number of carbonyl (C=O) groups is 1. The van der Waals surface area contributed by atoms with Gasteiger partial charge in [-0.2, -0.15) is 0 Å². The van der Waals surface area contributed by atoms with E-state index < -0.39 is 10.0 Å². The second-order valence-electron chi connectivity index (χ2n) is 7.12. The molecule has 0 unspecified atom stereocenters. The van der Waals surface area contributed by atoms with Crippen molar-refractivity contribution in [2.75, 3.05) is 4.72 Å². The fourth-order valence-corrected chi connectivity index (χ4v) is 4.75. The molecule has 148 valence electrons. The van der Waals surface area contributed by atoms with Crippen LogP contribution in [0.15, 0.2) is 83.8 Å². The van der Waals surface area contributed by atoms with Crippen LogP contribution in [0.25, 0.3) is 0 Å². The highest BCUT2D eigenvalue weighted by Gasteiger charge is 2.22. The van der Waals surface area contributed by atoms with Gasteiger partial charge in [0.25, 0.3) is 15.9 Å². The second kappa shape index (κ2) is 8.09. The van der Waals surface area contributed by atoms with Gasteiger partial charge in [0.2, 0.25) is 0 Å². The van der Waals surface area contributed by atoms with Crippen LogP contribution >= 0.6 is 0 Å². The number of anilines is 1. The van der Waals surface area contributed by atoms with E-state index in [0.717, 1.165) is 24.8 Å². The van der Waals surface area contributed by atoms with Crippen molar-refractivity contribution in [1.82, 2.24) is 5.32 Å². The van der Waals surface area contributed by atoms with Crippen LogP contribution in [-0.2, 0) is 16.4 Å². The summed E-state index contributed by atoms with van der Waals surface area (Å²) in [5, 5.41) is 3.10. The van der Waals surface area contributed by atoms with Gasteiger partial charge in [0.05, 0.1) is 10.9 Å². The smallest absolute Gasteiger partial charge is 0.261 e. The molecule has 4 rings (SSSR count). The number of fused-ring (bicyclic) bond motifs is 1. The Morgan fingerprint density at radius 3 is 2.48 bits per heavy atom. The molecule has 1 amide bonds. The lowest BCUT2D eigenvalue weighted by molar-refractivity contribution is 0.0933. The molecule has 3 aromatic carbocycles. The fourth-order valence-electron chi connectivity index (χ4n) is 3.68. The van der Waals surface area contributed by atoms with Crippen molar-refractivity contribution in [3.05, 3.63) is 95.6 Å². The molecule has 0 aliphatic heterocycles. The molecule has 29 heavy (non-hydrogen) atoms. The highest BCUT2D eigenvalue weighted by Crippen LogP contribution is 2.29. The number of nitrogens with one attached hydrogen (secondary N) is 2. The summed E-state index contributed by atoms with van der Waals surface area (Å²) in [5.41, 5.74) is 3.20. The molecule has 0 bridgehead atoms. The lowest BCUT2D eigenvalue weighted by Crippen LogP contribution is -2.31. The van der Waals surface area contributed by atoms with E-state index in [1.165, 1.54) is 17.7 Å². The van der Waals surface area contributed by atoms with Gasteiger partial charge in [-0.25, -0.2) is 8.42 Å². The summed E-state index contributed by atoms with van der Waals surface area (Å²) < 4.78 is 27.6. The lowest BCUT2D eigenvalue weighted by Gasteiger charge is -2.26. The van der Waals surface area contributed by atoms with Gasteiger partial charge in [-0.3, -0.25) is 9.52 Å². The number of aryl methyl sites for hydroxylation is 1. The summed E-state index contributed by atoms with van der Waals surface area (Å²) in [5.74, 6) is -0.215. The summed E-state index contributed by atoms with van der Waals surface area (Å²) in [6, 6.07) is 22.8. The molecule has 0 saturated carbocycles. The normalized spacial score (nSPS) is 15.9. The van der Waals surface area contributed by atoms with E-state index in [1.54, 1.807) is 42.5 Å². The molecule has 0 heterocycles. The van der Waals surface area contributed by atoms with E-state index in [2.05, 4.69) is 22.2 Å². The zero-order valence-electron chi connectivity index (χ0n) is 15.8. The van der Waals surface area contributed by atoms with E-state index in [1.807, 2.05) is 12.1 Å². The third-order valence-corrected chi connectivity index (χ3v) is 6.50. The molecule has 1 aliphatic carbocycles. The third kappa shape index (κ3) is 4.32. The molecule has 1 atom stereocenters. The number of hydrogen-bond donors (Lipinski definition) is 2. The molecule has 0 spiro atoms. The van der Waals surface area contributed by atoms with Gasteiger partial charge in [-0.05, 0) is 60.7 Å². The highest BCUT2D eigenvalue weighted by atomic mass is 32.2. The van der Waals surface area contributed by atoms with Crippen molar-refractivity contribution in [3.63, 3.8) is 0 Å². The maximum atomic E-state index is 12.8. The first-order chi connectivity index (χ1) is 14.0. The SMILES string of the molecule is O=C(N[C@H]1CCCc2ccccc21)c1cccc(NS(=O)(=O)c2ccccc2)c1. The van der Waals surface area contributed by atoms with E-state index >= 15 is 0 Å². The van der Waals surface area contributed by atoms with Gasteiger partial charge >= 0.3 is 0 Å². The van der Waals surface area contributed by atoms with Gasteiger partial charge in [0.1, 0.15) is 0 Å². The Hall–Kier alpha value is -3.12. The van der Waals surface area contributed by atoms with Crippen molar-refractivity contribution < 1.29 is 13.2 Å². The van der Waals surface area contributed by atoms with E-state index in [-0.39, 0.29) is 16.8 Å². The first-order valence-corrected chi connectivity index (χ1v) is 11.1. The minimum atomic E-state index is -3.70. The number of amides is 1. The molecule has 0 fully saturated rings. The lowest BCUT2D eigenvalue weighted by atomic mass is 9.87. The first-order valence-electron chi connectivity index (χ1n) is 9.59. The molecular weight excluding hydrogens is 384 g/mol. The monoisotopic (exact) mass is 406 g/mol. The number of sulfonamides is 1. The van der Waals surface area contributed by atoms with Crippen molar-refractivity contribution in [2.24, 2.45) is 0 Å². The molecule has 3 aromatic rings. The van der Waals surface area contributed by atoms with Crippen LogP contribution < -0.4 is 10.0 Å². The molecule has 2 N–H and O–H groups in total. The average molecular weight is 407 g/mol. The maximum Gasteiger partial charge on any atom is 0.261 e. The fraction of sp³-hybridized carbons (Fsp3) is 0.174. The minimum Gasteiger partial charge on any atom is -0.345 e. The molecule has 0 aromatic heterocycles. The van der Waals surface area contributed by atoms with Crippen LogP contribution in [0.4, 0.5) is 5.69 Å². The molecular formula is C23H22N2O3S. The van der Waals surface area contributed by atoms with Crippen LogP contribution in [0.3, 0.4) is 0 Å². The molecule has 1 aliphatic rings. The minimum absolute atomic E-state index is 0.0304.